The summed E-state index contributed by atoms with van der Waals surface area (Å²) in [6, 6.07) is 3.87. The summed E-state index contributed by atoms with van der Waals surface area (Å²) in [4.78, 5) is 12.8. The van der Waals surface area contributed by atoms with Crippen molar-refractivity contribution in [3.63, 3.8) is 0 Å². The Balaban J connectivity index is 2.83. The zero-order chi connectivity index (χ0) is 14.6. The number of anilines is 1. The molecule has 1 aromatic rings. The van der Waals surface area contributed by atoms with Crippen LogP contribution in [0.1, 0.15) is 6.92 Å². The summed E-state index contributed by atoms with van der Waals surface area (Å²) in [7, 11) is -3.32. The Labute approximate surface area is 116 Å². The average Bonchev–Trinajstić information content (AvgIpc) is 2.26. The number of carbonyl (C=O) groups is 1. The van der Waals surface area contributed by atoms with E-state index in [1.807, 2.05) is 0 Å². The normalized spacial score (nSPS) is 11.4. The molecule has 0 unspecified atom stereocenters. The van der Waals surface area contributed by atoms with Gasteiger partial charge in [0.15, 0.2) is 0 Å². The molecule has 106 valence electrons. The average molecular weight is 309 g/mol. The summed E-state index contributed by atoms with van der Waals surface area (Å²) in [5, 5.41) is -0.0974. The molecule has 0 atom stereocenters. The van der Waals surface area contributed by atoms with Crippen LogP contribution in [0.4, 0.5) is 10.1 Å². The summed E-state index contributed by atoms with van der Waals surface area (Å²) in [6.45, 7) is 1.52. The fourth-order valence-electron chi connectivity index (χ4n) is 1.46. The topological polar surface area (TPSA) is 66.5 Å². The molecule has 0 bridgehead atoms. The van der Waals surface area contributed by atoms with Crippen LogP contribution in [-0.4, -0.2) is 33.7 Å². The van der Waals surface area contributed by atoms with Crippen LogP contribution in [0, 0.1) is 5.82 Å². The number of hydrogen-bond donors (Lipinski definition) is 1. The number of rotatable bonds is 5. The van der Waals surface area contributed by atoms with E-state index in [0.717, 1.165) is 12.3 Å². The highest BCUT2D eigenvalue weighted by Crippen LogP contribution is 2.22. The van der Waals surface area contributed by atoms with Gasteiger partial charge in [-0.2, -0.15) is 0 Å². The van der Waals surface area contributed by atoms with Gasteiger partial charge in [0.05, 0.1) is 11.3 Å². The highest BCUT2D eigenvalue weighted by Gasteiger charge is 2.13. The first-order valence-corrected chi connectivity index (χ1v) is 7.65. The van der Waals surface area contributed by atoms with Crippen LogP contribution in [0.15, 0.2) is 18.2 Å². The maximum atomic E-state index is 13.0. The van der Waals surface area contributed by atoms with Gasteiger partial charge in [0, 0.05) is 25.7 Å². The molecule has 0 radical (unpaired) electrons. The van der Waals surface area contributed by atoms with E-state index in [1.165, 1.54) is 24.0 Å². The maximum absolute atomic E-state index is 13.0. The molecular formula is C11H14ClFN2O3S. The maximum Gasteiger partial charge on any atom is 0.223 e. The zero-order valence-corrected chi connectivity index (χ0v) is 12.1. The van der Waals surface area contributed by atoms with E-state index in [0.29, 0.717) is 5.69 Å². The van der Waals surface area contributed by atoms with Crippen molar-refractivity contribution in [3.8, 4) is 0 Å². The largest absolute Gasteiger partial charge is 0.311 e. The molecular weight excluding hydrogens is 295 g/mol. The minimum atomic E-state index is -3.32. The lowest BCUT2D eigenvalue weighted by molar-refractivity contribution is -0.116. The standard InChI is InChI=1S/C11H14ClFN2O3S/c1-8(16)15(6-5-14-19(2,17)18)9-3-4-11(13)10(12)7-9/h3-4,7,14H,5-6H2,1-2H3. The Kier molecular flexibility index (Phi) is 5.28. The Bertz CT molecular complexity index is 577. The van der Waals surface area contributed by atoms with E-state index in [2.05, 4.69) is 4.72 Å². The lowest BCUT2D eigenvalue weighted by atomic mass is 10.2. The lowest BCUT2D eigenvalue weighted by Crippen LogP contribution is -2.37. The fourth-order valence-corrected chi connectivity index (χ4v) is 2.10. The first-order chi connectivity index (χ1) is 8.70. The van der Waals surface area contributed by atoms with Crippen LogP contribution in [0.2, 0.25) is 5.02 Å². The summed E-state index contributed by atoms with van der Waals surface area (Å²) < 4.78 is 37.2. The van der Waals surface area contributed by atoms with Crippen molar-refractivity contribution in [3.05, 3.63) is 29.0 Å². The summed E-state index contributed by atoms with van der Waals surface area (Å²) in [6.07, 6.45) is 1.03. The molecule has 0 aliphatic rings. The van der Waals surface area contributed by atoms with Crippen molar-refractivity contribution in [1.29, 1.82) is 0 Å². The monoisotopic (exact) mass is 308 g/mol. The number of hydrogen-bond acceptors (Lipinski definition) is 3. The number of nitrogens with zero attached hydrogens (tertiary/aromatic N) is 1. The van der Waals surface area contributed by atoms with Crippen LogP contribution in [0.5, 0.6) is 0 Å². The summed E-state index contributed by atoms with van der Waals surface area (Å²) in [5.74, 6) is -0.874. The lowest BCUT2D eigenvalue weighted by Gasteiger charge is -2.21. The summed E-state index contributed by atoms with van der Waals surface area (Å²) in [5.41, 5.74) is 0.411. The van der Waals surface area contributed by atoms with Crippen molar-refractivity contribution in [2.75, 3.05) is 24.2 Å². The van der Waals surface area contributed by atoms with E-state index in [1.54, 1.807) is 0 Å². The second kappa shape index (κ2) is 6.31. The molecule has 1 amide bonds. The third-order valence-corrected chi connectivity index (χ3v) is 3.31. The Morgan fingerprint density at radius 2 is 2.11 bits per heavy atom. The van der Waals surface area contributed by atoms with Gasteiger partial charge in [-0.25, -0.2) is 17.5 Å². The predicted molar refractivity (Wildman–Crippen MR) is 72.3 cm³/mol. The number of nitrogens with one attached hydrogen (secondary N) is 1. The number of carbonyl (C=O) groups excluding carboxylic acids is 1. The third kappa shape index (κ3) is 5.14. The van der Waals surface area contributed by atoms with Gasteiger partial charge in [0.2, 0.25) is 15.9 Å². The quantitative estimate of drug-likeness (QED) is 0.893. The van der Waals surface area contributed by atoms with Crippen LogP contribution in [0.3, 0.4) is 0 Å². The van der Waals surface area contributed by atoms with Crippen molar-refractivity contribution in [1.82, 2.24) is 4.72 Å². The van der Waals surface area contributed by atoms with Crippen molar-refractivity contribution >= 4 is 33.2 Å². The highest BCUT2D eigenvalue weighted by atomic mass is 35.5. The van der Waals surface area contributed by atoms with Gasteiger partial charge in [-0.05, 0) is 18.2 Å². The van der Waals surface area contributed by atoms with Gasteiger partial charge in [-0.3, -0.25) is 4.79 Å². The van der Waals surface area contributed by atoms with Crippen LogP contribution in [0.25, 0.3) is 0 Å². The Hall–Kier alpha value is -1.18. The van der Waals surface area contributed by atoms with Crippen molar-refractivity contribution in [2.24, 2.45) is 0 Å². The van der Waals surface area contributed by atoms with E-state index >= 15 is 0 Å². The molecule has 0 aromatic heterocycles. The molecule has 0 saturated carbocycles. The second-order valence-electron chi connectivity index (χ2n) is 3.94. The molecule has 0 spiro atoms. The first-order valence-electron chi connectivity index (χ1n) is 5.38. The molecule has 8 heteroatoms. The van der Waals surface area contributed by atoms with Crippen molar-refractivity contribution < 1.29 is 17.6 Å². The zero-order valence-electron chi connectivity index (χ0n) is 10.5. The first kappa shape index (κ1) is 15.9. The van der Waals surface area contributed by atoms with E-state index in [-0.39, 0.29) is 24.0 Å². The molecule has 1 aromatic carbocycles. The fraction of sp³-hybridized carbons (Fsp3) is 0.364. The molecule has 0 aliphatic carbocycles. The SMILES string of the molecule is CC(=O)N(CCNS(C)(=O)=O)c1ccc(F)c(Cl)c1. The Morgan fingerprint density at radius 3 is 2.58 bits per heavy atom. The smallest absolute Gasteiger partial charge is 0.223 e. The number of amides is 1. The highest BCUT2D eigenvalue weighted by molar-refractivity contribution is 7.88. The van der Waals surface area contributed by atoms with E-state index in [4.69, 9.17) is 11.6 Å². The van der Waals surface area contributed by atoms with E-state index < -0.39 is 15.8 Å². The minimum absolute atomic E-state index is 0.0629. The van der Waals surface area contributed by atoms with E-state index in [9.17, 15) is 17.6 Å². The van der Waals surface area contributed by atoms with Gasteiger partial charge >= 0.3 is 0 Å². The number of benzene rings is 1. The molecule has 19 heavy (non-hydrogen) atoms. The van der Waals surface area contributed by atoms with Gasteiger partial charge in [-0.1, -0.05) is 11.6 Å². The minimum Gasteiger partial charge on any atom is -0.311 e. The Morgan fingerprint density at radius 1 is 1.47 bits per heavy atom. The molecule has 0 saturated heterocycles. The molecule has 0 aliphatic heterocycles. The molecule has 5 nitrogen and oxygen atoms in total. The summed E-state index contributed by atoms with van der Waals surface area (Å²) >= 11 is 5.64. The van der Waals surface area contributed by atoms with Crippen LogP contribution >= 0.6 is 11.6 Å². The van der Waals surface area contributed by atoms with Crippen LogP contribution in [-0.2, 0) is 14.8 Å². The molecule has 1 rings (SSSR count). The third-order valence-electron chi connectivity index (χ3n) is 2.29. The van der Waals surface area contributed by atoms with Gasteiger partial charge in [0.25, 0.3) is 0 Å². The number of sulfonamides is 1. The second-order valence-corrected chi connectivity index (χ2v) is 6.18. The van der Waals surface area contributed by atoms with Crippen molar-refractivity contribution in [2.45, 2.75) is 6.92 Å². The molecule has 1 N–H and O–H groups in total. The van der Waals surface area contributed by atoms with Gasteiger partial charge in [-0.15, -0.1) is 0 Å². The molecule has 0 heterocycles. The van der Waals surface area contributed by atoms with Gasteiger partial charge < -0.3 is 4.90 Å². The predicted octanol–water partition coefficient (Wildman–Crippen LogP) is 1.38. The van der Waals surface area contributed by atoms with Crippen LogP contribution < -0.4 is 9.62 Å². The number of halogens is 2. The molecule has 0 fully saturated rings. The van der Waals surface area contributed by atoms with Gasteiger partial charge in [0.1, 0.15) is 5.82 Å².